The van der Waals surface area contributed by atoms with E-state index in [2.05, 4.69) is 18.4 Å². The van der Waals surface area contributed by atoms with E-state index in [1.54, 1.807) is 32.0 Å². The molecule has 0 bridgehead atoms. The van der Waals surface area contributed by atoms with Crippen molar-refractivity contribution in [3.8, 4) is 5.69 Å². The fraction of sp³-hybridized carbons (Fsp3) is 0.400. The van der Waals surface area contributed by atoms with E-state index in [1.165, 1.54) is 18.2 Å². The Morgan fingerprint density at radius 3 is 2.45 bits per heavy atom. The second kappa shape index (κ2) is 6.16. The van der Waals surface area contributed by atoms with E-state index >= 15 is 0 Å². The Hall–Kier alpha value is -2.73. The van der Waals surface area contributed by atoms with Crippen LogP contribution in [0.25, 0.3) is 16.6 Å². The van der Waals surface area contributed by atoms with Crippen molar-refractivity contribution < 1.29 is 23.4 Å². The van der Waals surface area contributed by atoms with E-state index < -0.39 is 22.4 Å². The van der Waals surface area contributed by atoms with Crippen LogP contribution >= 0.6 is 0 Å². The minimum atomic E-state index is -0.882. The zero-order valence-electron chi connectivity index (χ0n) is 18.1. The van der Waals surface area contributed by atoms with Gasteiger partial charge < -0.3 is 14.4 Å². The molecule has 1 aliphatic heterocycles. The molecular formula is C25H25F2NO3. The Bertz CT molecular complexity index is 1250. The van der Waals surface area contributed by atoms with Crippen LogP contribution in [0.2, 0.25) is 0 Å². The van der Waals surface area contributed by atoms with Crippen LogP contribution in [0.1, 0.15) is 50.4 Å². The second-order valence-corrected chi connectivity index (χ2v) is 10.0. The minimum absolute atomic E-state index is 0.282. The van der Waals surface area contributed by atoms with E-state index in [1.807, 2.05) is 0 Å². The van der Waals surface area contributed by atoms with E-state index in [0.29, 0.717) is 25.0 Å². The standard InChI is InChI=1S/C25H25F2NO3/c1-14-9-16(6-7-18(14)27)28-19-8-5-15(26)10-17(19)20-21(28)23(2,3)13-31-25(20)11-24(4,12-25)22(29)30/h5-10H,11-13H2,1-4H3,(H,29,30). The quantitative estimate of drug-likeness (QED) is 0.581. The van der Waals surface area contributed by atoms with Crippen molar-refractivity contribution in [2.45, 2.75) is 51.6 Å². The number of fused-ring (bicyclic) bond motifs is 4. The smallest absolute Gasteiger partial charge is 0.309 e. The van der Waals surface area contributed by atoms with E-state index in [0.717, 1.165) is 27.8 Å². The molecule has 1 saturated carbocycles. The van der Waals surface area contributed by atoms with Crippen LogP contribution in [0.5, 0.6) is 0 Å². The van der Waals surface area contributed by atoms with Gasteiger partial charge in [-0.2, -0.15) is 0 Å². The predicted molar refractivity (Wildman–Crippen MR) is 114 cm³/mol. The molecule has 1 fully saturated rings. The van der Waals surface area contributed by atoms with Crippen molar-refractivity contribution in [3.63, 3.8) is 0 Å². The number of aryl methyl sites for hydroxylation is 1. The van der Waals surface area contributed by atoms with E-state index in [-0.39, 0.29) is 11.6 Å². The summed E-state index contributed by atoms with van der Waals surface area (Å²) in [7, 11) is 0. The molecule has 3 aromatic rings. The molecule has 1 N–H and O–H groups in total. The SMILES string of the molecule is Cc1cc(-n2c3c(c4cc(F)ccc42)C2(CC(C)(C(=O)O)C2)OCC3(C)C)ccc1F. The lowest BCUT2D eigenvalue weighted by molar-refractivity contribution is -0.205. The van der Waals surface area contributed by atoms with Gasteiger partial charge >= 0.3 is 5.97 Å². The zero-order chi connectivity index (χ0) is 22.3. The molecule has 0 amide bonds. The first-order valence-electron chi connectivity index (χ1n) is 10.5. The topological polar surface area (TPSA) is 51.5 Å². The number of hydrogen-bond acceptors (Lipinski definition) is 2. The number of benzene rings is 2. The van der Waals surface area contributed by atoms with Gasteiger partial charge in [-0.15, -0.1) is 0 Å². The van der Waals surface area contributed by atoms with E-state index in [4.69, 9.17) is 4.74 Å². The summed E-state index contributed by atoms with van der Waals surface area (Å²) in [6, 6.07) is 9.62. The van der Waals surface area contributed by atoms with Crippen LogP contribution in [0.15, 0.2) is 36.4 Å². The maximum absolute atomic E-state index is 14.4. The zero-order valence-corrected chi connectivity index (χ0v) is 18.1. The molecule has 2 heterocycles. The summed E-state index contributed by atoms with van der Waals surface area (Å²) in [4.78, 5) is 11.8. The highest BCUT2D eigenvalue weighted by molar-refractivity contribution is 5.90. The lowest BCUT2D eigenvalue weighted by atomic mass is 9.55. The van der Waals surface area contributed by atoms with Crippen molar-refractivity contribution in [1.29, 1.82) is 0 Å². The number of aliphatic carboxylic acids is 1. The lowest BCUT2D eigenvalue weighted by Gasteiger charge is -2.56. The summed E-state index contributed by atoms with van der Waals surface area (Å²) < 4.78 is 36.8. The first-order valence-corrected chi connectivity index (χ1v) is 10.5. The highest BCUT2D eigenvalue weighted by atomic mass is 19.1. The predicted octanol–water partition coefficient (Wildman–Crippen LogP) is 5.60. The molecular weight excluding hydrogens is 400 g/mol. The van der Waals surface area contributed by atoms with Crippen LogP contribution in [-0.4, -0.2) is 22.2 Å². The highest BCUT2D eigenvalue weighted by Crippen LogP contribution is 2.62. The van der Waals surface area contributed by atoms with Crippen molar-refractivity contribution in [2.24, 2.45) is 5.41 Å². The molecule has 4 nitrogen and oxygen atoms in total. The Labute approximate surface area is 179 Å². The Kier molecular flexibility index (Phi) is 4.01. The lowest BCUT2D eigenvalue weighted by Crippen LogP contribution is -2.57. The van der Waals surface area contributed by atoms with Crippen molar-refractivity contribution in [3.05, 3.63) is 64.9 Å². The number of carbonyl (C=O) groups is 1. The fourth-order valence-electron chi connectivity index (χ4n) is 5.50. The summed E-state index contributed by atoms with van der Waals surface area (Å²) in [6.07, 6.45) is 0.660. The molecule has 0 saturated heterocycles. The van der Waals surface area contributed by atoms with Gasteiger partial charge in [0.2, 0.25) is 0 Å². The molecule has 2 aromatic carbocycles. The summed E-state index contributed by atoms with van der Waals surface area (Å²) in [5.74, 6) is -1.49. The van der Waals surface area contributed by atoms with Crippen molar-refractivity contribution >= 4 is 16.9 Å². The Morgan fingerprint density at radius 2 is 1.81 bits per heavy atom. The normalized spacial score (nSPS) is 26.6. The largest absolute Gasteiger partial charge is 0.481 e. The summed E-state index contributed by atoms with van der Waals surface area (Å²) >= 11 is 0. The van der Waals surface area contributed by atoms with Gasteiger partial charge in [0.05, 0.1) is 23.1 Å². The third kappa shape index (κ3) is 2.70. The van der Waals surface area contributed by atoms with Crippen LogP contribution in [0.4, 0.5) is 8.78 Å². The Morgan fingerprint density at radius 1 is 1.10 bits per heavy atom. The van der Waals surface area contributed by atoms with Gasteiger partial charge in [-0.05, 0) is 68.7 Å². The molecule has 0 radical (unpaired) electrons. The molecule has 1 spiro atoms. The molecule has 1 aromatic heterocycles. The molecule has 6 heteroatoms. The average Bonchev–Trinajstić information content (AvgIpc) is 3.02. The Balaban J connectivity index is 1.85. The van der Waals surface area contributed by atoms with Crippen molar-refractivity contribution in [2.75, 3.05) is 6.61 Å². The number of halogens is 2. The molecule has 5 rings (SSSR count). The number of carboxylic acids is 1. The number of rotatable bonds is 2. The first kappa shape index (κ1) is 20.2. The third-order valence-corrected chi connectivity index (χ3v) is 7.00. The number of carboxylic acid groups (broad SMARTS) is 1. The first-order chi connectivity index (χ1) is 14.5. The maximum atomic E-state index is 14.4. The highest BCUT2D eigenvalue weighted by Gasteiger charge is 2.62. The number of ether oxygens (including phenoxy) is 1. The number of aromatic nitrogens is 1. The summed E-state index contributed by atoms with van der Waals surface area (Å²) in [5, 5.41) is 10.4. The van der Waals surface area contributed by atoms with E-state index in [9.17, 15) is 18.7 Å². The summed E-state index contributed by atoms with van der Waals surface area (Å²) in [5.41, 5.74) is 1.89. The fourth-order valence-corrected chi connectivity index (χ4v) is 5.50. The monoisotopic (exact) mass is 425 g/mol. The molecule has 0 unspecified atom stereocenters. The third-order valence-electron chi connectivity index (χ3n) is 7.00. The molecule has 0 atom stereocenters. The van der Waals surface area contributed by atoms with Crippen molar-refractivity contribution in [1.82, 2.24) is 4.57 Å². The van der Waals surface area contributed by atoms with Gasteiger partial charge in [-0.3, -0.25) is 4.79 Å². The molecule has 2 aliphatic rings. The van der Waals surface area contributed by atoms with Gasteiger partial charge in [0.25, 0.3) is 0 Å². The van der Waals surface area contributed by atoms with Crippen LogP contribution < -0.4 is 0 Å². The molecule has 1 aliphatic carbocycles. The number of hydrogen-bond donors (Lipinski definition) is 1. The minimum Gasteiger partial charge on any atom is -0.481 e. The van der Waals surface area contributed by atoms with Crippen LogP contribution in [0, 0.1) is 24.0 Å². The second-order valence-electron chi connectivity index (χ2n) is 10.0. The van der Waals surface area contributed by atoms with Gasteiger partial charge in [0, 0.05) is 27.7 Å². The van der Waals surface area contributed by atoms with Gasteiger partial charge in [0.1, 0.15) is 11.6 Å². The van der Waals surface area contributed by atoms with Gasteiger partial charge in [-0.1, -0.05) is 13.8 Å². The van der Waals surface area contributed by atoms with Gasteiger partial charge in [0.15, 0.2) is 0 Å². The van der Waals surface area contributed by atoms with Crippen LogP contribution in [-0.2, 0) is 20.5 Å². The number of nitrogens with zero attached hydrogens (tertiary/aromatic N) is 1. The van der Waals surface area contributed by atoms with Gasteiger partial charge in [-0.25, -0.2) is 8.78 Å². The molecule has 162 valence electrons. The molecule has 31 heavy (non-hydrogen) atoms. The summed E-state index contributed by atoms with van der Waals surface area (Å²) in [6.45, 7) is 7.99. The maximum Gasteiger partial charge on any atom is 0.309 e. The van der Waals surface area contributed by atoms with Crippen LogP contribution in [0.3, 0.4) is 0 Å². The average molecular weight is 425 g/mol.